The molecule has 0 unspecified atom stereocenters. The molecular weight excluding hydrogens is 188 g/mol. The van der Waals surface area contributed by atoms with Crippen molar-refractivity contribution in [2.45, 2.75) is 34.1 Å². The predicted molar refractivity (Wildman–Crippen MR) is 64.8 cm³/mol. The minimum Gasteiger partial charge on any atom is -0.352 e. The molecule has 0 aromatic heterocycles. The van der Waals surface area contributed by atoms with Gasteiger partial charge in [-0.2, -0.15) is 0 Å². The van der Waals surface area contributed by atoms with Crippen LogP contribution in [0.5, 0.6) is 0 Å². The van der Waals surface area contributed by atoms with Gasteiger partial charge < -0.3 is 10.6 Å². The maximum atomic E-state index is 11.1. The Hall–Kier alpha value is -0.830. The van der Waals surface area contributed by atoms with Crippen LogP contribution >= 0.6 is 0 Å². The zero-order chi connectivity index (χ0) is 11.9. The molecule has 0 aromatic carbocycles. The molecule has 0 aliphatic rings. The summed E-state index contributed by atoms with van der Waals surface area (Å²) >= 11 is 0. The van der Waals surface area contributed by atoms with E-state index in [1.165, 1.54) is 0 Å². The molecule has 15 heavy (non-hydrogen) atoms. The normalized spacial score (nSPS) is 11.2. The van der Waals surface area contributed by atoms with Crippen LogP contribution in [0.15, 0.2) is 12.2 Å². The monoisotopic (exact) mass is 212 g/mol. The van der Waals surface area contributed by atoms with Crippen LogP contribution < -0.4 is 10.6 Å². The Labute approximate surface area is 93.3 Å². The molecule has 3 heteroatoms. The second kappa shape index (κ2) is 6.62. The molecule has 0 aliphatic carbocycles. The first-order valence-corrected chi connectivity index (χ1v) is 5.47. The van der Waals surface area contributed by atoms with Crippen LogP contribution in [0.25, 0.3) is 0 Å². The number of hydrogen-bond acceptors (Lipinski definition) is 2. The van der Waals surface area contributed by atoms with E-state index in [0.717, 1.165) is 19.5 Å². The van der Waals surface area contributed by atoms with Gasteiger partial charge in [-0.1, -0.05) is 27.4 Å². The van der Waals surface area contributed by atoms with Crippen LogP contribution in [0.4, 0.5) is 0 Å². The fourth-order valence-electron chi connectivity index (χ4n) is 1.03. The minimum absolute atomic E-state index is 0.0502. The fraction of sp³-hybridized carbons (Fsp3) is 0.750. The number of carbonyl (C=O) groups is 1. The Kier molecular flexibility index (Phi) is 6.25. The molecule has 0 saturated carbocycles. The Morgan fingerprint density at radius 3 is 2.33 bits per heavy atom. The van der Waals surface area contributed by atoms with Gasteiger partial charge in [-0.15, -0.1) is 0 Å². The molecule has 0 saturated heterocycles. The highest BCUT2D eigenvalue weighted by atomic mass is 16.1. The lowest BCUT2D eigenvalue weighted by atomic mass is 9.97. The summed E-state index contributed by atoms with van der Waals surface area (Å²) in [6.07, 6.45) is 0.953. The lowest BCUT2D eigenvalue weighted by molar-refractivity contribution is -0.117. The number of amides is 1. The van der Waals surface area contributed by atoms with E-state index in [1.54, 1.807) is 6.92 Å². The molecule has 2 N–H and O–H groups in total. The van der Waals surface area contributed by atoms with Gasteiger partial charge in [0.25, 0.3) is 0 Å². The van der Waals surface area contributed by atoms with Crippen LogP contribution in [0.1, 0.15) is 34.1 Å². The maximum absolute atomic E-state index is 11.1. The van der Waals surface area contributed by atoms with Crippen LogP contribution in [-0.2, 0) is 4.79 Å². The summed E-state index contributed by atoms with van der Waals surface area (Å²) in [6.45, 7) is 14.5. The van der Waals surface area contributed by atoms with Gasteiger partial charge >= 0.3 is 0 Å². The first-order valence-electron chi connectivity index (χ1n) is 5.47. The summed E-state index contributed by atoms with van der Waals surface area (Å²) in [4.78, 5) is 11.1. The quantitative estimate of drug-likeness (QED) is 0.520. The lowest BCUT2D eigenvalue weighted by Crippen LogP contribution is -2.31. The molecule has 0 spiro atoms. The first kappa shape index (κ1) is 14.2. The van der Waals surface area contributed by atoms with Gasteiger partial charge in [0.05, 0.1) is 0 Å². The van der Waals surface area contributed by atoms with Crippen LogP contribution in [0.3, 0.4) is 0 Å². The molecule has 1 amide bonds. The zero-order valence-corrected chi connectivity index (χ0v) is 10.4. The van der Waals surface area contributed by atoms with E-state index in [1.807, 2.05) is 0 Å². The highest BCUT2D eigenvalue weighted by Crippen LogP contribution is 2.09. The molecular formula is C12H24N2O. The standard InChI is InChI=1S/C12H24N2O/c1-10(2)11(15)14-8-6-7-13-9-12(3,4)5/h13H,1,6-9H2,2-5H3,(H,14,15). The van der Waals surface area contributed by atoms with E-state index >= 15 is 0 Å². The molecule has 0 aromatic rings. The summed E-state index contributed by atoms with van der Waals surface area (Å²) in [5.74, 6) is -0.0502. The van der Waals surface area contributed by atoms with Gasteiger partial charge in [-0.3, -0.25) is 4.79 Å². The van der Waals surface area contributed by atoms with Gasteiger partial charge in [0.2, 0.25) is 5.91 Å². The van der Waals surface area contributed by atoms with Crippen molar-refractivity contribution in [3.63, 3.8) is 0 Å². The third kappa shape index (κ3) is 9.47. The summed E-state index contributed by atoms with van der Waals surface area (Å²) in [5, 5.41) is 6.16. The van der Waals surface area contributed by atoms with Crippen molar-refractivity contribution in [1.82, 2.24) is 10.6 Å². The number of rotatable bonds is 6. The van der Waals surface area contributed by atoms with Crippen molar-refractivity contribution in [3.8, 4) is 0 Å². The smallest absolute Gasteiger partial charge is 0.246 e. The van der Waals surface area contributed by atoms with E-state index in [2.05, 4.69) is 38.0 Å². The van der Waals surface area contributed by atoms with Crippen molar-refractivity contribution in [2.75, 3.05) is 19.6 Å². The van der Waals surface area contributed by atoms with E-state index < -0.39 is 0 Å². The Bertz CT molecular complexity index is 216. The molecule has 0 bridgehead atoms. The topological polar surface area (TPSA) is 41.1 Å². The Morgan fingerprint density at radius 1 is 1.27 bits per heavy atom. The second-order valence-corrected chi connectivity index (χ2v) is 5.13. The van der Waals surface area contributed by atoms with E-state index in [-0.39, 0.29) is 5.91 Å². The first-order chi connectivity index (χ1) is 6.83. The van der Waals surface area contributed by atoms with Gasteiger partial charge in [-0.25, -0.2) is 0 Å². The van der Waals surface area contributed by atoms with Gasteiger partial charge in [0.1, 0.15) is 0 Å². The fourth-order valence-corrected chi connectivity index (χ4v) is 1.03. The number of hydrogen-bond donors (Lipinski definition) is 2. The molecule has 0 aliphatic heterocycles. The van der Waals surface area contributed by atoms with Gasteiger partial charge in [0, 0.05) is 12.1 Å². The summed E-state index contributed by atoms with van der Waals surface area (Å²) in [6, 6.07) is 0. The van der Waals surface area contributed by atoms with E-state index in [9.17, 15) is 4.79 Å². The van der Waals surface area contributed by atoms with Crippen molar-refractivity contribution in [1.29, 1.82) is 0 Å². The molecule has 0 heterocycles. The van der Waals surface area contributed by atoms with Gasteiger partial charge in [-0.05, 0) is 31.8 Å². The van der Waals surface area contributed by atoms with Crippen molar-refractivity contribution < 1.29 is 4.79 Å². The van der Waals surface area contributed by atoms with Crippen LogP contribution in [0.2, 0.25) is 0 Å². The van der Waals surface area contributed by atoms with Gasteiger partial charge in [0.15, 0.2) is 0 Å². The maximum Gasteiger partial charge on any atom is 0.246 e. The summed E-state index contributed by atoms with van der Waals surface area (Å²) < 4.78 is 0. The van der Waals surface area contributed by atoms with Crippen molar-refractivity contribution in [3.05, 3.63) is 12.2 Å². The van der Waals surface area contributed by atoms with Crippen LogP contribution in [-0.4, -0.2) is 25.5 Å². The third-order valence-electron chi connectivity index (χ3n) is 1.86. The van der Waals surface area contributed by atoms with Crippen molar-refractivity contribution >= 4 is 5.91 Å². The lowest BCUT2D eigenvalue weighted by Gasteiger charge is -2.18. The average molecular weight is 212 g/mol. The minimum atomic E-state index is -0.0502. The average Bonchev–Trinajstić information content (AvgIpc) is 2.08. The molecule has 88 valence electrons. The Morgan fingerprint density at radius 2 is 1.87 bits per heavy atom. The largest absolute Gasteiger partial charge is 0.352 e. The van der Waals surface area contributed by atoms with Crippen molar-refractivity contribution in [2.24, 2.45) is 5.41 Å². The second-order valence-electron chi connectivity index (χ2n) is 5.13. The summed E-state index contributed by atoms with van der Waals surface area (Å²) in [7, 11) is 0. The molecule has 0 radical (unpaired) electrons. The molecule has 3 nitrogen and oxygen atoms in total. The van der Waals surface area contributed by atoms with E-state index in [4.69, 9.17) is 0 Å². The third-order valence-corrected chi connectivity index (χ3v) is 1.86. The van der Waals surface area contributed by atoms with E-state index in [0.29, 0.717) is 17.5 Å². The predicted octanol–water partition coefficient (Wildman–Crippen LogP) is 1.70. The van der Waals surface area contributed by atoms with Crippen LogP contribution in [0, 0.1) is 5.41 Å². The molecule has 0 atom stereocenters. The number of carbonyl (C=O) groups excluding carboxylic acids is 1. The molecule has 0 fully saturated rings. The number of nitrogens with one attached hydrogen (secondary N) is 2. The zero-order valence-electron chi connectivity index (χ0n) is 10.4. The highest BCUT2D eigenvalue weighted by molar-refractivity contribution is 5.91. The molecule has 0 rings (SSSR count). The Balaban J connectivity index is 3.33. The highest BCUT2D eigenvalue weighted by Gasteiger charge is 2.08. The summed E-state index contributed by atoms with van der Waals surface area (Å²) in [5.41, 5.74) is 0.888. The SMILES string of the molecule is C=C(C)C(=O)NCCCNCC(C)(C)C.